The van der Waals surface area contributed by atoms with Crippen molar-refractivity contribution in [1.82, 2.24) is 10.3 Å². The number of benzene rings is 1. The van der Waals surface area contributed by atoms with Gasteiger partial charge < -0.3 is 20.3 Å². The molecule has 0 radical (unpaired) electrons. The summed E-state index contributed by atoms with van der Waals surface area (Å²) >= 11 is 0. The van der Waals surface area contributed by atoms with Gasteiger partial charge >= 0.3 is 0 Å². The summed E-state index contributed by atoms with van der Waals surface area (Å²) in [6.45, 7) is 3.77. The van der Waals surface area contributed by atoms with Crippen molar-refractivity contribution >= 4 is 5.69 Å². The van der Waals surface area contributed by atoms with E-state index in [9.17, 15) is 9.90 Å². The standard InChI is InChI=1S/C20H25N3O2/c1-12-19(24)17-5-3-4-13-10-15(23-9-8-14(11-23)21-2)6-7-16(13)18(17)22-20(12)25/h6-7,10,14,21H,3-5,8-9,11H2,1-2H3,(H2,22,24,25). The zero-order valence-electron chi connectivity index (χ0n) is 14.9. The van der Waals surface area contributed by atoms with Crippen LogP contribution in [0, 0.1) is 6.92 Å². The zero-order chi connectivity index (χ0) is 17.6. The first kappa shape index (κ1) is 16.2. The number of likely N-dealkylation sites (N-methyl/N-ethyl adjacent to an activating group) is 1. The maximum Gasteiger partial charge on any atom is 0.255 e. The Labute approximate surface area is 147 Å². The summed E-state index contributed by atoms with van der Waals surface area (Å²) in [5.41, 5.74) is 5.43. The Balaban J connectivity index is 1.77. The third-order valence-corrected chi connectivity index (χ3v) is 5.71. The molecule has 1 unspecified atom stereocenters. The molecule has 1 atom stereocenters. The SMILES string of the molecule is CNC1CCN(c2ccc3c(c2)CCCc2c-3[nH]c(=O)c(C)c2O)C1. The molecule has 0 bridgehead atoms. The van der Waals surface area contributed by atoms with E-state index in [1.54, 1.807) is 6.92 Å². The number of pyridine rings is 1. The second kappa shape index (κ2) is 6.23. The number of H-pyrrole nitrogens is 1. The molecule has 0 spiro atoms. The van der Waals surface area contributed by atoms with Gasteiger partial charge in [-0.2, -0.15) is 0 Å². The van der Waals surface area contributed by atoms with Crippen molar-refractivity contribution in [2.75, 3.05) is 25.0 Å². The van der Waals surface area contributed by atoms with Crippen molar-refractivity contribution in [3.05, 3.63) is 45.2 Å². The van der Waals surface area contributed by atoms with Gasteiger partial charge in [-0.15, -0.1) is 0 Å². The van der Waals surface area contributed by atoms with Gasteiger partial charge in [0.2, 0.25) is 0 Å². The number of aromatic hydroxyl groups is 1. The maximum absolute atomic E-state index is 12.1. The predicted molar refractivity (Wildman–Crippen MR) is 101 cm³/mol. The number of rotatable bonds is 2. The lowest BCUT2D eigenvalue weighted by Gasteiger charge is -2.21. The summed E-state index contributed by atoms with van der Waals surface area (Å²) in [4.78, 5) is 17.6. The topological polar surface area (TPSA) is 68.4 Å². The molecular weight excluding hydrogens is 314 g/mol. The fourth-order valence-electron chi connectivity index (χ4n) is 4.12. The normalized spacial score (nSPS) is 19.4. The molecule has 0 amide bonds. The summed E-state index contributed by atoms with van der Waals surface area (Å²) < 4.78 is 0. The van der Waals surface area contributed by atoms with E-state index in [1.807, 2.05) is 7.05 Å². The Kier molecular flexibility index (Phi) is 4.04. The molecule has 2 heterocycles. The number of aryl methyl sites for hydroxylation is 1. The first-order chi connectivity index (χ1) is 12.1. The minimum atomic E-state index is -0.204. The van der Waals surface area contributed by atoms with Crippen LogP contribution in [-0.4, -0.2) is 36.3 Å². The van der Waals surface area contributed by atoms with Crippen molar-refractivity contribution in [3.63, 3.8) is 0 Å². The lowest BCUT2D eigenvalue weighted by atomic mass is 9.99. The van der Waals surface area contributed by atoms with Gasteiger partial charge in [-0.25, -0.2) is 0 Å². The molecule has 4 rings (SSSR count). The van der Waals surface area contributed by atoms with Crippen molar-refractivity contribution in [1.29, 1.82) is 0 Å². The highest BCUT2D eigenvalue weighted by Crippen LogP contribution is 2.37. The van der Waals surface area contributed by atoms with Crippen LogP contribution in [-0.2, 0) is 12.8 Å². The minimum absolute atomic E-state index is 0.159. The van der Waals surface area contributed by atoms with Crippen LogP contribution in [0.1, 0.15) is 29.5 Å². The highest BCUT2D eigenvalue weighted by molar-refractivity contribution is 5.73. The predicted octanol–water partition coefficient (Wildman–Crippen LogP) is 2.34. The molecule has 1 saturated heterocycles. The maximum atomic E-state index is 12.1. The van der Waals surface area contributed by atoms with E-state index < -0.39 is 0 Å². The smallest absolute Gasteiger partial charge is 0.255 e. The van der Waals surface area contributed by atoms with Crippen LogP contribution in [0.5, 0.6) is 5.75 Å². The van der Waals surface area contributed by atoms with E-state index in [-0.39, 0.29) is 11.3 Å². The number of nitrogens with one attached hydrogen (secondary N) is 2. The highest BCUT2D eigenvalue weighted by Gasteiger charge is 2.24. The molecule has 1 aliphatic heterocycles. The lowest BCUT2D eigenvalue weighted by Crippen LogP contribution is -2.29. The van der Waals surface area contributed by atoms with Crippen LogP contribution in [0.15, 0.2) is 23.0 Å². The fraction of sp³-hybridized carbons (Fsp3) is 0.450. The molecule has 1 fully saturated rings. The van der Waals surface area contributed by atoms with Crippen LogP contribution in [0.3, 0.4) is 0 Å². The van der Waals surface area contributed by atoms with E-state index in [4.69, 9.17) is 0 Å². The molecule has 1 aliphatic carbocycles. The van der Waals surface area contributed by atoms with Crippen LogP contribution in [0.25, 0.3) is 11.3 Å². The van der Waals surface area contributed by atoms with Crippen LogP contribution >= 0.6 is 0 Å². The van der Waals surface area contributed by atoms with E-state index in [0.29, 0.717) is 11.6 Å². The molecule has 5 nitrogen and oxygen atoms in total. The first-order valence-electron chi connectivity index (χ1n) is 9.08. The fourth-order valence-corrected chi connectivity index (χ4v) is 4.12. The van der Waals surface area contributed by atoms with Crippen molar-refractivity contribution < 1.29 is 5.11 Å². The first-order valence-corrected chi connectivity index (χ1v) is 9.08. The van der Waals surface area contributed by atoms with Gasteiger partial charge in [0.15, 0.2) is 0 Å². The Morgan fingerprint density at radius 1 is 1.32 bits per heavy atom. The van der Waals surface area contributed by atoms with E-state index in [1.165, 1.54) is 11.3 Å². The Morgan fingerprint density at radius 2 is 2.16 bits per heavy atom. The summed E-state index contributed by atoms with van der Waals surface area (Å²) in [5.74, 6) is 0.159. The lowest BCUT2D eigenvalue weighted by molar-refractivity contribution is 0.461. The Hall–Kier alpha value is -2.27. The monoisotopic (exact) mass is 339 g/mol. The van der Waals surface area contributed by atoms with Crippen molar-refractivity contribution in [3.8, 4) is 17.0 Å². The highest BCUT2D eigenvalue weighted by atomic mass is 16.3. The molecule has 25 heavy (non-hydrogen) atoms. The van der Waals surface area contributed by atoms with E-state index in [0.717, 1.165) is 55.6 Å². The van der Waals surface area contributed by atoms with E-state index in [2.05, 4.69) is 33.4 Å². The number of hydrogen-bond acceptors (Lipinski definition) is 4. The third-order valence-electron chi connectivity index (χ3n) is 5.71. The molecular formula is C20H25N3O2. The number of aromatic nitrogens is 1. The molecule has 3 N–H and O–H groups in total. The molecule has 2 aliphatic rings. The molecule has 132 valence electrons. The van der Waals surface area contributed by atoms with E-state index >= 15 is 0 Å². The van der Waals surface area contributed by atoms with Crippen LogP contribution < -0.4 is 15.8 Å². The molecule has 0 saturated carbocycles. The average molecular weight is 339 g/mol. The zero-order valence-corrected chi connectivity index (χ0v) is 14.9. The van der Waals surface area contributed by atoms with Crippen molar-refractivity contribution in [2.24, 2.45) is 0 Å². The van der Waals surface area contributed by atoms with Gasteiger partial charge in [0, 0.05) is 35.9 Å². The number of fused-ring (bicyclic) bond motifs is 3. The van der Waals surface area contributed by atoms with Gasteiger partial charge in [-0.1, -0.05) is 6.07 Å². The largest absolute Gasteiger partial charge is 0.507 e. The Morgan fingerprint density at radius 3 is 2.92 bits per heavy atom. The number of anilines is 1. The average Bonchev–Trinajstić information content (AvgIpc) is 3.03. The van der Waals surface area contributed by atoms with Crippen LogP contribution in [0.4, 0.5) is 5.69 Å². The Bertz CT molecular complexity index is 872. The van der Waals surface area contributed by atoms with Crippen molar-refractivity contribution in [2.45, 2.75) is 38.6 Å². The van der Waals surface area contributed by atoms with Gasteiger partial charge in [0.25, 0.3) is 5.56 Å². The van der Waals surface area contributed by atoms with Gasteiger partial charge in [-0.3, -0.25) is 4.79 Å². The molecule has 2 aromatic rings. The molecule has 1 aromatic heterocycles. The van der Waals surface area contributed by atoms with Gasteiger partial charge in [0.1, 0.15) is 5.75 Å². The minimum Gasteiger partial charge on any atom is -0.507 e. The third kappa shape index (κ3) is 2.72. The quantitative estimate of drug-likeness (QED) is 0.786. The summed E-state index contributed by atoms with van der Waals surface area (Å²) in [7, 11) is 2.02. The number of hydrogen-bond donors (Lipinski definition) is 3. The van der Waals surface area contributed by atoms with Crippen LogP contribution in [0.2, 0.25) is 0 Å². The summed E-state index contributed by atoms with van der Waals surface area (Å²) in [6, 6.07) is 7.06. The molecule has 1 aromatic carbocycles. The summed E-state index contributed by atoms with van der Waals surface area (Å²) in [6.07, 6.45) is 3.88. The van der Waals surface area contributed by atoms with Gasteiger partial charge in [-0.05, 0) is 57.4 Å². The van der Waals surface area contributed by atoms with Gasteiger partial charge in [0.05, 0.1) is 11.3 Å². The number of aromatic amines is 1. The summed E-state index contributed by atoms with van der Waals surface area (Å²) in [5, 5.41) is 13.8. The second-order valence-corrected chi connectivity index (χ2v) is 7.20. The number of nitrogens with zero attached hydrogens (tertiary/aromatic N) is 1. The molecule has 5 heteroatoms. The second-order valence-electron chi connectivity index (χ2n) is 7.20.